The number of aryl methyl sites for hydroxylation is 2. The molecule has 3 aliphatic heterocycles. The van der Waals surface area contributed by atoms with E-state index in [0.717, 1.165) is 35.2 Å². The predicted octanol–water partition coefficient (Wildman–Crippen LogP) is 5.92. The average molecular weight is 682 g/mol. The molecule has 2 aromatic rings. The van der Waals surface area contributed by atoms with E-state index in [1.807, 2.05) is 68.5 Å². The zero-order valence-corrected chi connectivity index (χ0v) is 27.8. The monoisotopic (exact) mass is 680 g/mol. The highest BCUT2D eigenvalue weighted by molar-refractivity contribution is 9.09. The Kier molecular flexibility index (Phi) is 10.1. The predicted molar refractivity (Wildman–Crippen MR) is 179 cm³/mol. The molecular weight excluding hydrogens is 640 g/mol. The number of hydrogen-bond donors (Lipinski definition) is 1. The molecule has 0 aliphatic carbocycles. The summed E-state index contributed by atoms with van der Waals surface area (Å²) in [6, 6.07) is 13.6. The number of aliphatic hydroxyl groups is 1. The van der Waals surface area contributed by atoms with Crippen molar-refractivity contribution in [3.63, 3.8) is 0 Å². The van der Waals surface area contributed by atoms with Crippen molar-refractivity contribution in [1.29, 1.82) is 0 Å². The van der Waals surface area contributed by atoms with Crippen LogP contribution in [0.2, 0.25) is 0 Å². The Bertz CT molecular complexity index is 1420. The molecule has 7 nitrogen and oxygen atoms in total. The highest BCUT2D eigenvalue weighted by Crippen LogP contribution is 2.68. The number of alkyl halides is 1. The summed E-state index contributed by atoms with van der Waals surface area (Å²) >= 11 is 5.40. The summed E-state index contributed by atoms with van der Waals surface area (Å²) in [6.07, 6.45) is 6.49. The van der Waals surface area contributed by atoms with Crippen LogP contribution in [0.4, 0.5) is 5.69 Å². The smallest absolute Gasteiger partial charge is 0.310 e. The van der Waals surface area contributed by atoms with Crippen LogP contribution in [0.1, 0.15) is 48.4 Å². The number of unbranched alkanes of at least 4 members (excludes halogenated alkanes) is 2. The number of nitrogens with zero attached hydrogens (tertiary/aromatic N) is 2. The van der Waals surface area contributed by atoms with Gasteiger partial charge in [-0.05, 0) is 62.3 Å². The van der Waals surface area contributed by atoms with Crippen LogP contribution in [-0.4, -0.2) is 68.4 Å². The summed E-state index contributed by atoms with van der Waals surface area (Å²) in [4.78, 5) is 46.7. The largest absolute Gasteiger partial charge is 0.465 e. The van der Waals surface area contributed by atoms with E-state index in [4.69, 9.17) is 4.74 Å². The number of amides is 2. The van der Waals surface area contributed by atoms with Crippen LogP contribution in [0.5, 0.6) is 0 Å². The van der Waals surface area contributed by atoms with Crippen molar-refractivity contribution in [3.05, 3.63) is 90.5 Å². The zero-order valence-electron chi connectivity index (χ0n) is 25.4. The number of anilines is 1. The Balaban J connectivity index is 1.60. The summed E-state index contributed by atoms with van der Waals surface area (Å²) in [5, 5.41) is 10.6. The number of hydrogen-bond acceptors (Lipinski definition) is 6. The Morgan fingerprint density at radius 2 is 1.93 bits per heavy atom. The number of fused-ring (bicyclic) bond motifs is 1. The van der Waals surface area contributed by atoms with Gasteiger partial charge < -0.3 is 19.6 Å². The summed E-state index contributed by atoms with van der Waals surface area (Å²) in [5.41, 5.74) is 3.42. The van der Waals surface area contributed by atoms with Gasteiger partial charge in [-0.25, -0.2) is 0 Å². The number of esters is 1. The van der Waals surface area contributed by atoms with Crippen LogP contribution >= 0.6 is 27.7 Å². The van der Waals surface area contributed by atoms with Gasteiger partial charge in [0, 0.05) is 22.3 Å². The fourth-order valence-corrected chi connectivity index (χ4v) is 10.8. The van der Waals surface area contributed by atoms with Gasteiger partial charge >= 0.3 is 5.97 Å². The van der Waals surface area contributed by atoms with E-state index in [1.54, 1.807) is 27.6 Å². The molecule has 3 saturated heterocycles. The Labute approximate surface area is 272 Å². The van der Waals surface area contributed by atoms with E-state index < -0.39 is 34.6 Å². The molecular formula is C35H41BrN2O5S. The average Bonchev–Trinajstić information content (AvgIpc) is 3.61. The van der Waals surface area contributed by atoms with Gasteiger partial charge in [-0.3, -0.25) is 14.4 Å². The van der Waals surface area contributed by atoms with E-state index in [2.05, 4.69) is 29.1 Å². The number of carbonyl (C=O) groups excluding carboxylic acids is 3. The van der Waals surface area contributed by atoms with Crippen molar-refractivity contribution in [2.24, 2.45) is 11.8 Å². The van der Waals surface area contributed by atoms with E-state index in [9.17, 15) is 14.7 Å². The normalized spacial score (nSPS) is 27.6. The number of halogens is 1. The third-order valence-corrected chi connectivity index (χ3v) is 12.4. The molecule has 7 atom stereocenters. The van der Waals surface area contributed by atoms with Crippen molar-refractivity contribution in [2.75, 3.05) is 24.7 Å². The number of rotatable bonds is 13. The van der Waals surface area contributed by atoms with Crippen LogP contribution < -0.4 is 4.90 Å². The third-order valence-electron chi connectivity index (χ3n) is 9.21. The van der Waals surface area contributed by atoms with Gasteiger partial charge in [0.05, 0.1) is 35.8 Å². The van der Waals surface area contributed by atoms with E-state index in [0.29, 0.717) is 12.8 Å². The van der Waals surface area contributed by atoms with E-state index in [1.165, 1.54) is 0 Å². The molecule has 9 heteroatoms. The second-order valence-corrected chi connectivity index (χ2v) is 14.7. The molecule has 5 rings (SSSR count). The molecule has 0 radical (unpaired) electrons. The Morgan fingerprint density at radius 1 is 1.18 bits per heavy atom. The Morgan fingerprint density at radius 3 is 2.61 bits per heavy atom. The summed E-state index contributed by atoms with van der Waals surface area (Å²) in [7, 11) is 0. The molecule has 3 unspecified atom stereocenters. The van der Waals surface area contributed by atoms with Crippen molar-refractivity contribution < 1.29 is 24.2 Å². The van der Waals surface area contributed by atoms with Gasteiger partial charge in [0.1, 0.15) is 6.04 Å². The van der Waals surface area contributed by atoms with Crippen LogP contribution in [0.15, 0.2) is 73.8 Å². The summed E-state index contributed by atoms with van der Waals surface area (Å²) < 4.78 is 4.90. The highest BCUT2D eigenvalue weighted by atomic mass is 79.9. The molecule has 0 saturated carbocycles. The lowest BCUT2D eigenvalue weighted by molar-refractivity contribution is -0.154. The number of carbonyl (C=O) groups is 3. The molecule has 1 spiro atoms. The maximum atomic E-state index is 15.0. The maximum absolute atomic E-state index is 15.0. The lowest BCUT2D eigenvalue weighted by Gasteiger charge is -2.40. The minimum absolute atomic E-state index is 0.0806. The second kappa shape index (κ2) is 13.6. The first-order valence-corrected chi connectivity index (χ1v) is 17.1. The van der Waals surface area contributed by atoms with Gasteiger partial charge in [-0.2, -0.15) is 0 Å². The topological polar surface area (TPSA) is 87.1 Å². The number of ether oxygens (including phenoxy) is 1. The SMILES string of the molecule is C=CCCCCOC(=O)[C@H]1[C@H]2C(=O)N([C@H](CO)c3ccccc3)C(C(=O)N(CC=C)c3cc(C)ccc3C)C23CC(Br)[C@@H]1S3. The number of aliphatic hydroxyl groups excluding tert-OH is 1. The Hall–Kier alpha value is -2.88. The van der Waals surface area contributed by atoms with E-state index in [-0.39, 0.29) is 41.6 Å². The first kappa shape index (κ1) is 32.5. The minimum Gasteiger partial charge on any atom is -0.465 e. The third kappa shape index (κ3) is 5.67. The van der Waals surface area contributed by atoms with Gasteiger partial charge in [-0.1, -0.05) is 70.5 Å². The molecule has 0 aromatic heterocycles. The van der Waals surface area contributed by atoms with Crippen LogP contribution in [0.3, 0.4) is 0 Å². The molecule has 3 aliphatic rings. The molecule has 234 valence electrons. The first-order chi connectivity index (χ1) is 21.2. The van der Waals surface area contributed by atoms with Crippen molar-refractivity contribution in [1.82, 2.24) is 4.90 Å². The molecule has 1 N–H and O–H groups in total. The van der Waals surface area contributed by atoms with Gasteiger partial charge in [0.15, 0.2) is 0 Å². The van der Waals surface area contributed by atoms with Crippen molar-refractivity contribution in [2.45, 2.75) is 66.4 Å². The maximum Gasteiger partial charge on any atom is 0.310 e. The number of thioether (sulfide) groups is 1. The fraction of sp³-hybridized carbons (Fsp3) is 0.457. The standard InChI is InChI=1S/C35H41BrN2O5S/c1-5-7-8-12-18-43-34(42)28-29-32(40)38(27(21-39)24-13-10-9-11-14-24)31(35(29)20-25(36)30(28)44-35)33(41)37(17-6-2)26-19-22(3)15-16-23(26)4/h5-6,9-11,13-16,19,25,27-31,39H,1-2,7-8,12,17-18,20-21H2,3-4H3/t25?,27-,28+,29+,30+,31?,35?/m1/s1. The van der Waals surface area contributed by atoms with Crippen LogP contribution in [0, 0.1) is 25.7 Å². The number of benzene rings is 2. The second-order valence-electron chi connectivity index (χ2n) is 12.0. The molecule has 44 heavy (non-hydrogen) atoms. The number of allylic oxidation sites excluding steroid dienone is 1. The van der Waals surface area contributed by atoms with Crippen molar-refractivity contribution in [3.8, 4) is 0 Å². The molecule has 2 aromatic carbocycles. The quantitative estimate of drug-likeness (QED) is 0.122. The fourth-order valence-electron chi connectivity index (χ4n) is 7.24. The lowest BCUT2D eigenvalue weighted by Crippen LogP contribution is -2.56. The zero-order chi connectivity index (χ0) is 31.6. The first-order valence-electron chi connectivity index (χ1n) is 15.3. The van der Waals surface area contributed by atoms with Crippen LogP contribution in [-0.2, 0) is 19.1 Å². The van der Waals surface area contributed by atoms with E-state index >= 15 is 4.79 Å². The molecule has 3 fully saturated rings. The lowest BCUT2D eigenvalue weighted by atomic mass is 9.71. The molecule has 3 heterocycles. The number of likely N-dealkylation sites (tertiary alicyclic amines) is 1. The van der Waals surface area contributed by atoms with Gasteiger partial charge in [-0.15, -0.1) is 24.9 Å². The summed E-state index contributed by atoms with van der Waals surface area (Å²) in [5.74, 6) is -2.36. The summed E-state index contributed by atoms with van der Waals surface area (Å²) in [6.45, 7) is 11.8. The highest BCUT2D eigenvalue weighted by Gasteiger charge is 2.76. The molecule has 2 bridgehead atoms. The van der Waals surface area contributed by atoms with Gasteiger partial charge in [0.2, 0.25) is 5.91 Å². The minimum atomic E-state index is -0.919. The van der Waals surface area contributed by atoms with Crippen molar-refractivity contribution >= 4 is 51.2 Å². The van der Waals surface area contributed by atoms with Gasteiger partial charge in [0.25, 0.3) is 5.91 Å². The van der Waals surface area contributed by atoms with Crippen LogP contribution in [0.25, 0.3) is 0 Å². The molecule has 2 amide bonds.